The number of aliphatic hydroxyl groups is 1. The number of hydrogen-bond acceptors (Lipinski definition) is 7. The number of hydrogen-bond donors (Lipinski definition) is 3. The Hall–Kier alpha value is -5.03. The monoisotopic (exact) mass is 727 g/mol. The lowest BCUT2D eigenvalue weighted by Crippen LogP contribution is -2.46. The number of anilines is 1. The third-order valence-corrected chi connectivity index (χ3v) is 10.4. The van der Waals surface area contributed by atoms with E-state index in [0.717, 1.165) is 71.7 Å². The number of benzene rings is 5. The molecule has 0 spiro atoms. The minimum atomic E-state index is -0.550. The van der Waals surface area contributed by atoms with Gasteiger partial charge in [-0.2, -0.15) is 0 Å². The number of likely N-dealkylation sites (tertiary alicyclic amines) is 1. The largest absolute Gasteiger partial charge is 0.457 e. The van der Waals surface area contributed by atoms with Gasteiger partial charge in [0.2, 0.25) is 0 Å². The molecule has 5 aromatic rings. The van der Waals surface area contributed by atoms with Gasteiger partial charge in [0.1, 0.15) is 11.5 Å². The Balaban J connectivity index is 1.02. The maximum absolute atomic E-state index is 12.9. The van der Waals surface area contributed by atoms with Crippen LogP contribution in [0.3, 0.4) is 0 Å². The first-order valence-electron chi connectivity index (χ1n) is 18.8. The number of para-hydroxylation sites is 1. The van der Waals surface area contributed by atoms with Gasteiger partial charge in [0, 0.05) is 43.4 Å². The Kier molecular flexibility index (Phi) is 12.3. The van der Waals surface area contributed by atoms with Crippen LogP contribution in [0.15, 0.2) is 127 Å². The second-order valence-electron chi connectivity index (χ2n) is 14.1. The van der Waals surface area contributed by atoms with E-state index in [-0.39, 0.29) is 30.8 Å². The molecule has 2 saturated heterocycles. The summed E-state index contributed by atoms with van der Waals surface area (Å²) in [4.78, 5) is 15.4. The molecule has 2 amide bonds. The zero-order valence-electron chi connectivity index (χ0n) is 30.9. The summed E-state index contributed by atoms with van der Waals surface area (Å²) in [6.45, 7) is 5.12. The Labute approximate surface area is 317 Å². The lowest BCUT2D eigenvalue weighted by molar-refractivity contribution is -0.276. The first-order valence-corrected chi connectivity index (χ1v) is 18.8. The number of methoxy groups -OCH3 is 1. The molecule has 0 radical (unpaired) electrons. The minimum absolute atomic E-state index is 0.00475. The second kappa shape index (κ2) is 17.9. The van der Waals surface area contributed by atoms with Gasteiger partial charge >= 0.3 is 6.03 Å². The molecular weight excluding hydrogens is 679 g/mol. The van der Waals surface area contributed by atoms with Crippen LogP contribution in [0.25, 0.3) is 11.1 Å². The van der Waals surface area contributed by atoms with Crippen molar-refractivity contribution in [2.24, 2.45) is 5.92 Å². The van der Waals surface area contributed by atoms with E-state index in [1.165, 1.54) is 0 Å². The molecular formula is C45H49N3O6. The summed E-state index contributed by atoms with van der Waals surface area (Å²) in [5.41, 5.74) is 6.61. The topological polar surface area (TPSA) is 102 Å². The van der Waals surface area contributed by atoms with Gasteiger partial charge in [-0.05, 0) is 83.6 Å². The predicted octanol–water partition coefficient (Wildman–Crippen LogP) is 8.86. The Morgan fingerprint density at radius 1 is 0.833 bits per heavy atom. The fourth-order valence-electron chi connectivity index (χ4n) is 7.43. The lowest BCUT2D eigenvalue weighted by Gasteiger charge is -2.43. The molecule has 2 aliphatic rings. The summed E-state index contributed by atoms with van der Waals surface area (Å²) in [6, 6.07) is 41.4. The van der Waals surface area contributed by atoms with Crippen LogP contribution in [0.5, 0.6) is 11.5 Å². The summed E-state index contributed by atoms with van der Waals surface area (Å²) < 4.78 is 24.9. The number of carbonyl (C=O) groups is 1. The summed E-state index contributed by atoms with van der Waals surface area (Å²) in [5, 5.41) is 15.5. The van der Waals surface area contributed by atoms with Gasteiger partial charge in [0.25, 0.3) is 0 Å². The predicted molar refractivity (Wildman–Crippen MR) is 210 cm³/mol. The Bertz CT molecular complexity index is 1940. The van der Waals surface area contributed by atoms with Crippen LogP contribution in [0, 0.1) is 5.92 Å². The van der Waals surface area contributed by atoms with E-state index in [4.69, 9.17) is 18.9 Å². The summed E-state index contributed by atoms with van der Waals surface area (Å²) in [5.74, 6) is 1.55. The maximum atomic E-state index is 12.9. The highest BCUT2D eigenvalue weighted by Gasteiger charge is 2.40. The average Bonchev–Trinajstić information content (AvgIpc) is 3.65. The fourth-order valence-corrected chi connectivity index (χ4v) is 7.43. The third kappa shape index (κ3) is 9.18. The van der Waals surface area contributed by atoms with Gasteiger partial charge in [0.05, 0.1) is 25.4 Å². The van der Waals surface area contributed by atoms with Gasteiger partial charge in [-0.15, -0.1) is 0 Å². The van der Waals surface area contributed by atoms with Gasteiger partial charge < -0.3 is 34.7 Å². The van der Waals surface area contributed by atoms with Crippen molar-refractivity contribution < 1.29 is 28.8 Å². The van der Waals surface area contributed by atoms with E-state index in [1.807, 2.05) is 84.9 Å². The zero-order valence-corrected chi connectivity index (χ0v) is 30.9. The molecule has 3 N–H and O–H groups in total. The van der Waals surface area contributed by atoms with Crippen LogP contribution in [0.4, 0.5) is 10.5 Å². The maximum Gasteiger partial charge on any atom is 0.319 e. The van der Waals surface area contributed by atoms with Gasteiger partial charge in [-0.1, -0.05) is 97.9 Å². The highest BCUT2D eigenvalue weighted by molar-refractivity contribution is 5.89. The van der Waals surface area contributed by atoms with Crippen LogP contribution in [0.1, 0.15) is 54.4 Å². The minimum Gasteiger partial charge on any atom is -0.457 e. The van der Waals surface area contributed by atoms with E-state index < -0.39 is 6.29 Å². The number of amides is 2. The standard InChI is InChI=1S/C45H49N3O6/c1-31-42(28-48-26-8-10-38(48)30-51-2)53-44(54-43(31)34-16-14-32(29-49)15-17-34)35-20-18-33(19-21-35)41-13-7-6-9-36(41)27-46-45(50)47-37-22-24-40(25-23-37)52-39-11-4-3-5-12-39/h3-7,9,11-25,31,38,42-44,49H,8,10,26-30H2,1-2H3,(H2,46,47,50). The first kappa shape index (κ1) is 37.3. The molecule has 0 aliphatic carbocycles. The molecule has 280 valence electrons. The lowest BCUT2D eigenvalue weighted by atomic mass is 9.89. The van der Waals surface area contributed by atoms with Crippen LogP contribution in [-0.2, 0) is 27.4 Å². The van der Waals surface area contributed by atoms with Crippen molar-refractivity contribution in [1.82, 2.24) is 10.2 Å². The SMILES string of the molecule is COCC1CCCN1CC1OC(c2ccc(-c3ccccc3CNC(=O)Nc3ccc(Oc4ccccc4)cc3)cc2)OC(c2ccc(CO)cc2)C1C. The summed E-state index contributed by atoms with van der Waals surface area (Å²) in [7, 11) is 1.77. The highest BCUT2D eigenvalue weighted by atomic mass is 16.7. The number of nitrogens with zero attached hydrogens (tertiary/aromatic N) is 1. The van der Waals surface area contributed by atoms with E-state index in [1.54, 1.807) is 7.11 Å². The van der Waals surface area contributed by atoms with Crippen LogP contribution >= 0.6 is 0 Å². The van der Waals surface area contributed by atoms with Crippen molar-refractivity contribution in [1.29, 1.82) is 0 Å². The highest BCUT2D eigenvalue weighted by Crippen LogP contribution is 2.42. The van der Waals surface area contributed by atoms with Crippen molar-refractivity contribution >= 4 is 11.7 Å². The van der Waals surface area contributed by atoms with Gasteiger partial charge in [-0.3, -0.25) is 4.90 Å². The van der Waals surface area contributed by atoms with Crippen molar-refractivity contribution in [2.45, 2.75) is 57.5 Å². The fraction of sp³-hybridized carbons (Fsp3) is 0.311. The molecule has 0 aromatic heterocycles. The molecule has 7 rings (SSSR count). The Morgan fingerprint density at radius 2 is 1.54 bits per heavy atom. The number of ether oxygens (including phenoxy) is 4. The Morgan fingerprint density at radius 3 is 2.28 bits per heavy atom. The molecule has 2 fully saturated rings. The number of carbonyl (C=O) groups excluding carboxylic acids is 1. The van der Waals surface area contributed by atoms with E-state index in [9.17, 15) is 9.90 Å². The van der Waals surface area contributed by atoms with Crippen molar-refractivity contribution in [2.75, 3.05) is 32.1 Å². The third-order valence-electron chi connectivity index (χ3n) is 10.4. The normalized spacial score (nSPS) is 21.4. The number of aliphatic hydroxyl groups excluding tert-OH is 1. The molecule has 9 nitrogen and oxygen atoms in total. The molecule has 5 aromatic carbocycles. The number of nitrogens with one attached hydrogen (secondary N) is 2. The van der Waals surface area contributed by atoms with Gasteiger partial charge in [-0.25, -0.2) is 4.79 Å². The summed E-state index contributed by atoms with van der Waals surface area (Å²) >= 11 is 0. The van der Waals surface area contributed by atoms with Crippen molar-refractivity contribution in [3.63, 3.8) is 0 Å². The molecule has 54 heavy (non-hydrogen) atoms. The second-order valence-corrected chi connectivity index (χ2v) is 14.1. The zero-order chi connectivity index (χ0) is 37.3. The number of rotatable bonds is 13. The van der Waals surface area contributed by atoms with E-state index in [2.05, 4.69) is 64.9 Å². The van der Waals surface area contributed by atoms with Crippen LogP contribution < -0.4 is 15.4 Å². The average molecular weight is 728 g/mol. The van der Waals surface area contributed by atoms with Crippen LogP contribution in [0.2, 0.25) is 0 Å². The molecule has 5 unspecified atom stereocenters. The number of urea groups is 1. The molecule has 2 aliphatic heterocycles. The smallest absolute Gasteiger partial charge is 0.319 e. The molecule has 9 heteroatoms. The first-order chi connectivity index (χ1) is 26.5. The molecule has 5 atom stereocenters. The van der Waals surface area contributed by atoms with Gasteiger partial charge in [0.15, 0.2) is 6.29 Å². The molecule has 0 bridgehead atoms. The molecule has 2 heterocycles. The van der Waals surface area contributed by atoms with E-state index >= 15 is 0 Å². The quantitative estimate of drug-likeness (QED) is 0.111. The van der Waals surface area contributed by atoms with E-state index in [0.29, 0.717) is 24.0 Å². The van der Waals surface area contributed by atoms with Crippen molar-refractivity contribution in [3.8, 4) is 22.6 Å². The molecule has 0 saturated carbocycles. The van der Waals surface area contributed by atoms with Crippen LogP contribution in [-0.4, -0.2) is 55.0 Å². The van der Waals surface area contributed by atoms with Crippen molar-refractivity contribution in [3.05, 3.63) is 150 Å². The summed E-state index contributed by atoms with van der Waals surface area (Å²) in [6.07, 6.45) is 1.50.